The second-order valence-corrected chi connectivity index (χ2v) is 6.80. The average molecular weight is 332 g/mol. The van der Waals surface area contributed by atoms with E-state index >= 15 is 0 Å². The summed E-state index contributed by atoms with van der Waals surface area (Å²) in [6.45, 7) is 9.00. The summed E-state index contributed by atoms with van der Waals surface area (Å²) in [7, 11) is 0. The van der Waals surface area contributed by atoms with Crippen LogP contribution in [-0.2, 0) is 19.1 Å². The minimum Gasteiger partial charge on any atom is -0.465 e. The molecule has 0 aliphatic carbocycles. The van der Waals surface area contributed by atoms with Gasteiger partial charge in [0.1, 0.15) is 5.60 Å². The van der Waals surface area contributed by atoms with Crippen LogP contribution >= 0.6 is 0 Å². The number of hydrogen-bond donors (Lipinski definition) is 0. The minimum atomic E-state index is -1.07. The van der Waals surface area contributed by atoms with E-state index in [0.717, 1.165) is 5.56 Å². The Morgan fingerprint density at radius 3 is 2.38 bits per heavy atom. The van der Waals surface area contributed by atoms with Gasteiger partial charge in [0.2, 0.25) is 0 Å². The van der Waals surface area contributed by atoms with Gasteiger partial charge in [0, 0.05) is 17.4 Å². The van der Waals surface area contributed by atoms with Crippen LogP contribution in [0.2, 0.25) is 0 Å². The van der Waals surface area contributed by atoms with Crippen LogP contribution in [0, 0.1) is 24.7 Å². The molecule has 1 fully saturated rings. The molecular weight excluding hydrogens is 308 g/mol. The highest BCUT2D eigenvalue weighted by Crippen LogP contribution is 2.43. The van der Waals surface area contributed by atoms with Gasteiger partial charge in [-0.3, -0.25) is 14.4 Å². The predicted molar refractivity (Wildman–Crippen MR) is 88.5 cm³/mol. The van der Waals surface area contributed by atoms with Gasteiger partial charge in [0.25, 0.3) is 0 Å². The summed E-state index contributed by atoms with van der Waals surface area (Å²) < 4.78 is 10.4. The maximum atomic E-state index is 12.8. The average Bonchev–Trinajstić information content (AvgIpc) is 2.75. The van der Waals surface area contributed by atoms with Crippen molar-refractivity contribution in [3.8, 4) is 0 Å². The highest BCUT2D eigenvalue weighted by Gasteiger charge is 2.57. The Morgan fingerprint density at radius 1 is 1.25 bits per heavy atom. The van der Waals surface area contributed by atoms with Crippen LogP contribution in [0.5, 0.6) is 0 Å². The quantitative estimate of drug-likeness (QED) is 0.471. The second kappa shape index (κ2) is 6.75. The summed E-state index contributed by atoms with van der Waals surface area (Å²) in [6.07, 6.45) is 0. The van der Waals surface area contributed by atoms with Gasteiger partial charge in [0.15, 0.2) is 11.7 Å². The molecule has 0 bridgehead atoms. The van der Waals surface area contributed by atoms with Crippen LogP contribution < -0.4 is 0 Å². The van der Waals surface area contributed by atoms with Crippen LogP contribution in [-0.4, -0.2) is 29.9 Å². The Hall–Kier alpha value is -2.17. The van der Waals surface area contributed by atoms with Gasteiger partial charge in [-0.2, -0.15) is 0 Å². The highest BCUT2D eigenvalue weighted by atomic mass is 16.6. The van der Waals surface area contributed by atoms with Crippen molar-refractivity contribution in [3.63, 3.8) is 0 Å². The molecule has 5 heteroatoms. The van der Waals surface area contributed by atoms with E-state index < -0.39 is 35.3 Å². The lowest BCUT2D eigenvalue weighted by Gasteiger charge is -2.30. The van der Waals surface area contributed by atoms with E-state index in [1.54, 1.807) is 39.8 Å². The molecule has 1 aromatic rings. The van der Waals surface area contributed by atoms with Crippen molar-refractivity contribution in [3.05, 3.63) is 35.4 Å². The SMILES string of the molecule is CCOC(=O)[C@@H]1C(=O)OC(C)(C)[C@H]1[C@H](C)C(=O)c1ccc(C)cc1. The Bertz CT molecular complexity index is 644. The van der Waals surface area contributed by atoms with Crippen molar-refractivity contribution in [1.82, 2.24) is 0 Å². The zero-order valence-corrected chi connectivity index (χ0v) is 14.8. The lowest BCUT2D eigenvalue weighted by molar-refractivity contribution is -0.157. The lowest BCUT2D eigenvalue weighted by atomic mass is 9.72. The van der Waals surface area contributed by atoms with Gasteiger partial charge >= 0.3 is 11.9 Å². The van der Waals surface area contributed by atoms with E-state index in [-0.39, 0.29) is 12.4 Å². The molecule has 0 radical (unpaired) electrons. The zero-order valence-electron chi connectivity index (χ0n) is 14.8. The summed E-state index contributed by atoms with van der Waals surface area (Å²) in [5.41, 5.74) is 0.711. The Morgan fingerprint density at radius 2 is 1.83 bits per heavy atom. The van der Waals surface area contributed by atoms with Crippen LogP contribution in [0.1, 0.15) is 43.6 Å². The van der Waals surface area contributed by atoms with Crippen LogP contribution in [0.15, 0.2) is 24.3 Å². The largest absolute Gasteiger partial charge is 0.465 e. The number of esters is 2. The number of carbonyl (C=O) groups is 3. The molecule has 2 rings (SSSR count). The summed E-state index contributed by atoms with van der Waals surface area (Å²) in [5.74, 6) is -3.54. The van der Waals surface area contributed by atoms with Gasteiger partial charge in [0.05, 0.1) is 6.61 Å². The molecule has 1 heterocycles. The Labute approximate surface area is 142 Å². The number of hydrogen-bond acceptors (Lipinski definition) is 5. The van der Waals surface area contributed by atoms with Crippen molar-refractivity contribution < 1.29 is 23.9 Å². The molecule has 1 aromatic carbocycles. The summed E-state index contributed by atoms with van der Waals surface area (Å²) in [6, 6.07) is 7.25. The van der Waals surface area contributed by atoms with Crippen molar-refractivity contribution in [2.24, 2.45) is 17.8 Å². The molecule has 0 unspecified atom stereocenters. The number of ketones is 1. The molecule has 130 valence electrons. The molecule has 0 amide bonds. The smallest absolute Gasteiger partial charge is 0.321 e. The molecule has 5 nitrogen and oxygen atoms in total. The third-order valence-electron chi connectivity index (χ3n) is 4.61. The second-order valence-electron chi connectivity index (χ2n) is 6.80. The molecule has 0 saturated carbocycles. The summed E-state index contributed by atoms with van der Waals surface area (Å²) >= 11 is 0. The fourth-order valence-electron chi connectivity index (χ4n) is 3.45. The number of rotatable bonds is 5. The normalized spacial score (nSPS) is 23.5. The number of cyclic esters (lactones) is 1. The predicted octanol–water partition coefficient (Wildman–Crippen LogP) is 2.94. The van der Waals surface area contributed by atoms with Gasteiger partial charge in [-0.05, 0) is 27.7 Å². The molecule has 0 aromatic heterocycles. The first-order chi connectivity index (χ1) is 11.2. The fraction of sp³-hybridized carbons (Fsp3) is 0.526. The van der Waals surface area contributed by atoms with Crippen LogP contribution in [0.4, 0.5) is 0 Å². The molecule has 0 spiro atoms. The van der Waals surface area contributed by atoms with Crippen LogP contribution in [0.3, 0.4) is 0 Å². The van der Waals surface area contributed by atoms with E-state index in [4.69, 9.17) is 9.47 Å². The van der Waals surface area contributed by atoms with E-state index in [9.17, 15) is 14.4 Å². The molecule has 24 heavy (non-hydrogen) atoms. The van der Waals surface area contributed by atoms with E-state index in [0.29, 0.717) is 5.56 Å². The number of ether oxygens (including phenoxy) is 2. The maximum absolute atomic E-state index is 12.8. The molecular formula is C19H24O5. The first-order valence-electron chi connectivity index (χ1n) is 8.19. The van der Waals surface area contributed by atoms with Crippen molar-refractivity contribution in [1.29, 1.82) is 0 Å². The van der Waals surface area contributed by atoms with E-state index in [2.05, 4.69) is 0 Å². The zero-order chi connectivity index (χ0) is 18.1. The third-order valence-corrected chi connectivity index (χ3v) is 4.61. The Kier molecular flexibility index (Phi) is 5.11. The topological polar surface area (TPSA) is 69.7 Å². The first-order valence-corrected chi connectivity index (χ1v) is 8.19. The fourth-order valence-corrected chi connectivity index (χ4v) is 3.45. The number of Topliss-reactive ketones (excluding diaryl/α,β-unsaturated/α-hetero) is 1. The maximum Gasteiger partial charge on any atom is 0.321 e. The Balaban J connectivity index is 2.33. The van der Waals surface area contributed by atoms with Gasteiger partial charge in [-0.15, -0.1) is 0 Å². The molecule has 0 N–H and O–H groups in total. The highest BCUT2D eigenvalue weighted by molar-refractivity contribution is 6.01. The standard InChI is InChI=1S/C19H24O5/c1-6-23-17(21)14-15(19(4,5)24-18(14)22)12(3)16(20)13-9-7-11(2)8-10-13/h7-10,12,14-15H,6H2,1-5H3/t12-,14+,15-/m0/s1. The van der Waals surface area contributed by atoms with Gasteiger partial charge < -0.3 is 9.47 Å². The van der Waals surface area contributed by atoms with Crippen molar-refractivity contribution in [2.45, 2.75) is 40.2 Å². The number of carbonyl (C=O) groups excluding carboxylic acids is 3. The van der Waals surface area contributed by atoms with Gasteiger partial charge in [-0.1, -0.05) is 36.8 Å². The van der Waals surface area contributed by atoms with Crippen molar-refractivity contribution in [2.75, 3.05) is 6.61 Å². The number of aryl methyl sites for hydroxylation is 1. The third kappa shape index (κ3) is 3.35. The minimum absolute atomic E-state index is 0.110. The monoisotopic (exact) mass is 332 g/mol. The summed E-state index contributed by atoms with van der Waals surface area (Å²) in [5, 5.41) is 0. The molecule has 1 saturated heterocycles. The molecule has 1 aliphatic heterocycles. The molecule has 1 aliphatic rings. The summed E-state index contributed by atoms with van der Waals surface area (Å²) in [4.78, 5) is 37.3. The van der Waals surface area contributed by atoms with Gasteiger partial charge in [-0.25, -0.2) is 0 Å². The van der Waals surface area contributed by atoms with Crippen molar-refractivity contribution >= 4 is 17.7 Å². The van der Waals surface area contributed by atoms with E-state index in [1.165, 1.54) is 0 Å². The first kappa shape index (κ1) is 18.2. The molecule has 3 atom stereocenters. The van der Waals surface area contributed by atoms with E-state index in [1.807, 2.05) is 19.1 Å². The number of benzene rings is 1. The lowest BCUT2D eigenvalue weighted by Crippen LogP contribution is -2.41. The van der Waals surface area contributed by atoms with Crippen LogP contribution in [0.25, 0.3) is 0 Å².